The summed E-state index contributed by atoms with van der Waals surface area (Å²) >= 11 is 0. The molecule has 0 saturated heterocycles. The van der Waals surface area contributed by atoms with Gasteiger partial charge in [-0.15, -0.1) is 5.10 Å². The van der Waals surface area contributed by atoms with Gasteiger partial charge in [-0.1, -0.05) is 5.21 Å². The Bertz CT molecular complexity index is 1050. The molecule has 0 aliphatic heterocycles. The van der Waals surface area contributed by atoms with E-state index in [9.17, 15) is 19.2 Å². The van der Waals surface area contributed by atoms with Crippen LogP contribution in [0.3, 0.4) is 0 Å². The molecule has 1 aromatic carbocycles. The van der Waals surface area contributed by atoms with E-state index in [4.69, 9.17) is 5.11 Å². The number of nitrogens with one attached hydrogen (secondary N) is 3. The van der Waals surface area contributed by atoms with Crippen LogP contribution in [0.1, 0.15) is 10.4 Å². The van der Waals surface area contributed by atoms with Crippen molar-refractivity contribution >= 4 is 28.6 Å². The molecule has 0 bridgehead atoms. The molecule has 1 amide bonds. The van der Waals surface area contributed by atoms with Gasteiger partial charge >= 0.3 is 5.97 Å². The van der Waals surface area contributed by atoms with Crippen molar-refractivity contribution in [1.82, 2.24) is 25.2 Å². The number of fused-ring (bicyclic) bond motifs is 1. The third kappa shape index (κ3) is 2.77. The first-order valence-corrected chi connectivity index (χ1v) is 6.63. The molecule has 0 atom stereocenters. The number of rotatable bonds is 4. The number of anilines is 1. The highest BCUT2D eigenvalue weighted by Crippen LogP contribution is 2.10. The number of aromatic amines is 2. The third-order valence-corrected chi connectivity index (χ3v) is 3.16. The monoisotopic (exact) mass is 330 g/mol. The first-order chi connectivity index (χ1) is 11.5. The Hall–Kier alpha value is -3.76. The summed E-state index contributed by atoms with van der Waals surface area (Å²) in [4.78, 5) is 46.0. The number of aromatic nitrogens is 5. The summed E-state index contributed by atoms with van der Waals surface area (Å²) in [5.74, 6) is -1.60. The molecule has 0 spiro atoms. The lowest BCUT2D eigenvalue weighted by atomic mass is 10.2. The number of H-pyrrole nitrogens is 2. The zero-order valence-corrected chi connectivity index (χ0v) is 11.9. The summed E-state index contributed by atoms with van der Waals surface area (Å²) < 4.78 is 1.00. The number of carbonyl (C=O) groups is 2. The first kappa shape index (κ1) is 15.1. The summed E-state index contributed by atoms with van der Waals surface area (Å²) in [7, 11) is 0. The van der Waals surface area contributed by atoms with Crippen LogP contribution in [-0.2, 0) is 11.3 Å². The molecule has 11 heteroatoms. The normalized spacial score (nSPS) is 10.7. The second-order valence-corrected chi connectivity index (χ2v) is 4.78. The zero-order valence-electron chi connectivity index (χ0n) is 11.9. The maximum absolute atomic E-state index is 12.0. The van der Waals surface area contributed by atoms with Gasteiger partial charge in [-0.3, -0.25) is 24.6 Å². The van der Waals surface area contributed by atoms with Crippen molar-refractivity contribution in [3.05, 3.63) is 50.5 Å². The number of carboxylic acids is 1. The highest BCUT2D eigenvalue weighted by atomic mass is 16.4. The van der Waals surface area contributed by atoms with E-state index in [0.29, 0.717) is 5.69 Å². The van der Waals surface area contributed by atoms with Crippen LogP contribution >= 0.6 is 0 Å². The Morgan fingerprint density at radius 2 is 1.79 bits per heavy atom. The van der Waals surface area contributed by atoms with Gasteiger partial charge in [-0.05, 0) is 24.3 Å². The average Bonchev–Trinajstić information content (AvgIpc) is 2.96. The second-order valence-electron chi connectivity index (χ2n) is 4.78. The largest absolute Gasteiger partial charge is 0.478 e. The number of nitrogens with zero attached hydrogens (tertiary/aromatic N) is 3. The van der Waals surface area contributed by atoms with Crippen LogP contribution in [0.4, 0.5) is 5.69 Å². The number of amides is 1. The molecule has 0 unspecified atom stereocenters. The topological polar surface area (TPSA) is 163 Å². The van der Waals surface area contributed by atoms with Gasteiger partial charge in [0, 0.05) is 5.69 Å². The Morgan fingerprint density at radius 3 is 2.46 bits per heavy atom. The molecular formula is C13H10N6O5. The van der Waals surface area contributed by atoms with E-state index in [-0.39, 0.29) is 23.1 Å². The Balaban J connectivity index is 1.80. The fraction of sp³-hybridized carbons (Fsp3) is 0.0769. The summed E-state index contributed by atoms with van der Waals surface area (Å²) in [5, 5.41) is 22.8. The standard InChI is InChI=1S/C13H10N6O5/c20-8(14-7-3-1-6(2-4-7)13(23)24)5-19-10-9(15-18-19)11(21)16-17-12(10)22/h1-4H,5H2,(H,14,20)(H,16,21)(H,17,22)(H,23,24). The van der Waals surface area contributed by atoms with Gasteiger partial charge in [0.25, 0.3) is 11.1 Å². The predicted octanol–water partition coefficient (Wildman–Crippen LogP) is -0.855. The van der Waals surface area contributed by atoms with Crippen molar-refractivity contribution in [2.45, 2.75) is 6.54 Å². The highest BCUT2D eigenvalue weighted by Gasteiger charge is 2.14. The average molecular weight is 330 g/mol. The van der Waals surface area contributed by atoms with Crippen molar-refractivity contribution in [2.24, 2.45) is 0 Å². The van der Waals surface area contributed by atoms with Crippen LogP contribution in [-0.4, -0.2) is 42.2 Å². The Morgan fingerprint density at radius 1 is 1.12 bits per heavy atom. The van der Waals surface area contributed by atoms with Crippen molar-refractivity contribution in [3.8, 4) is 0 Å². The summed E-state index contributed by atoms with van der Waals surface area (Å²) in [5.41, 5.74) is -1.08. The number of hydrogen-bond donors (Lipinski definition) is 4. The van der Waals surface area contributed by atoms with Crippen molar-refractivity contribution in [1.29, 1.82) is 0 Å². The van der Waals surface area contributed by atoms with E-state index < -0.39 is 23.0 Å². The molecule has 0 saturated carbocycles. The second kappa shape index (κ2) is 5.79. The van der Waals surface area contributed by atoms with Crippen molar-refractivity contribution in [2.75, 3.05) is 5.32 Å². The van der Waals surface area contributed by atoms with E-state index in [2.05, 4.69) is 25.8 Å². The van der Waals surface area contributed by atoms with Gasteiger partial charge < -0.3 is 10.4 Å². The van der Waals surface area contributed by atoms with Gasteiger partial charge in [0.2, 0.25) is 5.91 Å². The number of aromatic carboxylic acids is 1. The highest BCUT2D eigenvalue weighted by molar-refractivity contribution is 5.92. The maximum Gasteiger partial charge on any atom is 0.335 e. The van der Waals surface area contributed by atoms with E-state index in [1.54, 1.807) is 0 Å². The summed E-state index contributed by atoms with van der Waals surface area (Å²) in [6.45, 7) is -0.344. The molecule has 0 aliphatic carbocycles. The fourth-order valence-corrected chi connectivity index (χ4v) is 2.07. The first-order valence-electron chi connectivity index (χ1n) is 6.63. The molecule has 24 heavy (non-hydrogen) atoms. The molecule has 3 rings (SSSR count). The molecule has 122 valence electrons. The lowest BCUT2D eigenvalue weighted by Gasteiger charge is -2.05. The Kier molecular flexibility index (Phi) is 3.66. The molecule has 0 aliphatic rings. The number of carbonyl (C=O) groups excluding carboxylic acids is 1. The molecule has 2 heterocycles. The van der Waals surface area contributed by atoms with Gasteiger partial charge in [0.05, 0.1) is 5.56 Å². The molecular weight excluding hydrogens is 320 g/mol. The van der Waals surface area contributed by atoms with E-state index in [1.165, 1.54) is 24.3 Å². The van der Waals surface area contributed by atoms with Crippen LogP contribution in [0.15, 0.2) is 33.9 Å². The van der Waals surface area contributed by atoms with Crippen LogP contribution in [0.5, 0.6) is 0 Å². The number of benzene rings is 1. The minimum Gasteiger partial charge on any atom is -0.478 e. The van der Waals surface area contributed by atoms with Crippen molar-refractivity contribution < 1.29 is 14.7 Å². The quantitative estimate of drug-likeness (QED) is 0.483. The van der Waals surface area contributed by atoms with E-state index >= 15 is 0 Å². The maximum atomic E-state index is 12.0. The fourth-order valence-electron chi connectivity index (χ4n) is 2.07. The summed E-state index contributed by atoms with van der Waals surface area (Å²) in [6, 6.07) is 5.54. The summed E-state index contributed by atoms with van der Waals surface area (Å²) in [6.07, 6.45) is 0. The van der Waals surface area contributed by atoms with Gasteiger partial charge in [0.15, 0.2) is 11.0 Å². The molecule has 4 N–H and O–H groups in total. The van der Waals surface area contributed by atoms with Gasteiger partial charge in [-0.25, -0.2) is 9.48 Å². The van der Waals surface area contributed by atoms with E-state index in [1.807, 2.05) is 0 Å². The molecule has 11 nitrogen and oxygen atoms in total. The van der Waals surface area contributed by atoms with Gasteiger partial charge in [0.1, 0.15) is 6.54 Å². The number of carboxylic acid groups (broad SMARTS) is 1. The lowest BCUT2D eigenvalue weighted by Crippen LogP contribution is -2.24. The van der Waals surface area contributed by atoms with Crippen LogP contribution in [0.25, 0.3) is 11.0 Å². The molecule has 3 aromatic rings. The SMILES string of the molecule is O=C(Cn1nnc2c(=O)[nH][nH]c(=O)c21)Nc1ccc(C(=O)O)cc1. The predicted molar refractivity (Wildman–Crippen MR) is 80.8 cm³/mol. The molecule has 0 fully saturated rings. The Labute approximate surface area is 131 Å². The minimum atomic E-state index is -1.08. The van der Waals surface area contributed by atoms with Crippen LogP contribution in [0, 0.1) is 0 Å². The van der Waals surface area contributed by atoms with E-state index in [0.717, 1.165) is 4.68 Å². The smallest absolute Gasteiger partial charge is 0.335 e. The number of hydrogen-bond acceptors (Lipinski definition) is 6. The van der Waals surface area contributed by atoms with Crippen LogP contribution in [0.2, 0.25) is 0 Å². The zero-order chi connectivity index (χ0) is 17.3. The lowest BCUT2D eigenvalue weighted by molar-refractivity contribution is -0.116. The molecule has 0 radical (unpaired) electrons. The third-order valence-electron chi connectivity index (χ3n) is 3.16. The minimum absolute atomic E-state index is 0.0843. The van der Waals surface area contributed by atoms with Gasteiger partial charge in [-0.2, -0.15) is 0 Å². The molecule has 2 aromatic heterocycles. The van der Waals surface area contributed by atoms with Crippen LogP contribution < -0.4 is 16.4 Å². The van der Waals surface area contributed by atoms with Crippen molar-refractivity contribution in [3.63, 3.8) is 0 Å².